The van der Waals surface area contributed by atoms with Crippen molar-refractivity contribution < 1.29 is 4.79 Å². The molecule has 4 nitrogen and oxygen atoms in total. The van der Waals surface area contributed by atoms with Crippen LogP contribution in [0.3, 0.4) is 0 Å². The molecule has 2 rings (SSSR count). The number of nitrogens with one attached hydrogen (secondary N) is 1. The van der Waals surface area contributed by atoms with E-state index in [9.17, 15) is 4.79 Å². The standard InChI is InChI=1S/C11H11N3O/c12-8-5-7-3-1-2-4-9(7)10(6-8)11(15)14-13/h1-6H,12-13H2,(H,14,15). The first-order chi connectivity index (χ1) is 7.22. The molecule has 2 aromatic carbocycles. The third-order valence-corrected chi connectivity index (χ3v) is 2.26. The summed E-state index contributed by atoms with van der Waals surface area (Å²) < 4.78 is 0. The number of rotatable bonds is 1. The first-order valence-electron chi connectivity index (χ1n) is 4.51. The highest BCUT2D eigenvalue weighted by Gasteiger charge is 2.08. The average Bonchev–Trinajstić information content (AvgIpc) is 2.26. The normalized spacial score (nSPS) is 10.2. The smallest absolute Gasteiger partial charge is 0.265 e. The Morgan fingerprint density at radius 3 is 2.67 bits per heavy atom. The molecule has 0 unspecified atom stereocenters. The lowest BCUT2D eigenvalue weighted by Gasteiger charge is -2.06. The van der Waals surface area contributed by atoms with Crippen LogP contribution in [0.4, 0.5) is 5.69 Å². The molecule has 0 atom stereocenters. The van der Waals surface area contributed by atoms with E-state index in [1.54, 1.807) is 6.07 Å². The molecule has 15 heavy (non-hydrogen) atoms. The third-order valence-electron chi connectivity index (χ3n) is 2.26. The number of hydrogen-bond acceptors (Lipinski definition) is 3. The maximum atomic E-state index is 11.5. The summed E-state index contributed by atoms with van der Waals surface area (Å²) in [5, 5.41) is 1.77. The van der Waals surface area contributed by atoms with Gasteiger partial charge in [0, 0.05) is 5.69 Å². The summed E-state index contributed by atoms with van der Waals surface area (Å²) in [7, 11) is 0. The van der Waals surface area contributed by atoms with E-state index in [1.807, 2.05) is 30.3 Å². The fourth-order valence-electron chi connectivity index (χ4n) is 1.60. The monoisotopic (exact) mass is 201 g/mol. The number of nitrogen functional groups attached to an aromatic ring is 2. The Morgan fingerprint density at radius 1 is 1.20 bits per heavy atom. The Morgan fingerprint density at radius 2 is 1.93 bits per heavy atom. The Bertz CT molecular complexity index is 522. The Kier molecular flexibility index (Phi) is 2.27. The molecule has 76 valence electrons. The van der Waals surface area contributed by atoms with E-state index in [-0.39, 0.29) is 5.91 Å². The van der Waals surface area contributed by atoms with Crippen molar-refractivity contribution in [3.8, 4) is 0 Å². The number of hydrazine groups is 1. The Labute approximate surface area is 86.8 Å². The van der Waals surface area contributed by atoms with Gasteiger partial charge < -0.3 is 5.73 Å². The number of carbonyl (C=O) groups excluding carboxylic acids is 1. The van der Waals surface area contributed by atoms with Crippen molar-refractivity contribution in [1.82, 2.24) is 5.43 Å². The number of hydrogen-bond donors (Lipinski definition) is 3. The highest BCUT2D eigenvalue weighted by atomic mass is 16.2. The molecule has 0 heterocycles. The van der Waals surface area contributed by atoms with Crippen molar-refractivity contribution in [3.63, 3.8) is 0 Å². The van der Waals surface area contributed by atoms with Crippen molar-refractivity contribution >= 4 is 22.4 Å². The van der Waals surface area contributed by atoms with Crippen molar-refractivity contribution in [2.75, 3.05) is 5.73 Å². The summed E-state index contributed by atoms with van der Waals surface area (Å²) in [5.74, 6) is 4.77. The minimum absolute atomic E-state index is 0.335. The van der Waals surface area contributed by atoms with Crippen LogP contribution in [0.5, 0.6) is 0 Å². The second kappa shape index (κ2) is 3.59. The summed E-state index contributed by atoms with van der Waals surface area (Å²) in [6.45, 7) is 0. The lowest BCUT2D eigenvalue weighted by Crippen LogP contribution is -2.30. The number of benzene rings is 2. The molecule has 0 fully saturated rings. The van der Waals surface area contributed by atoms with Crippen molar-refractivity contribution in [3.05, 3.63) is 42.0 Å². The zero-order chi connectivity index (χ0) is 10.8. The van der Waals surface area contributed by atoms with Gasteiger partial charge in [-0.3, -0.25) is 10.2 Å². The van der Waals surface area contributed by atoms with Gasteiger partial charge in [-0.1, -0.05) is 24.3 Å². The average molecular weight is 201 g/mol. The summed E-state index contributed by atoms with van der Waals surface area (Å²) in [6.07, 6.45) is 0. The topological polar surface area (TPSA) is 81.1 Å². The SMILES string of the molecule is NNC(=O)c1cc(N)cc2ccccc12. The van der Waals surface area contributed by atoms with Crippen LogP contribution in [0.1, 0.15) is 10.4 Å². The molecule has 5 N–H and O–H groups in total. The fourth-order valence-corrected chi connectivity index (χ4v) is 1.60. The number of nitrogens with two attached hydrogens (primary N) is 2. The Hall–Kier alpha value is -2.07. The van der Waals surface area contributed by atoms with Gasteiger partial charge in [-0.15, -0.1) is 0 Å². The van der Waals surface area contributed by atoms with Gasteiger partial charge in [0.25, 0.3) is 5.91 Å². The predicted octanol–water partition coefficient (Wildman–Crippen LogP) is 1.03. The maximum absolute atomic E-state index is 11.5. The molecule has 0 aromatic heterocycles. The third kappa shape index (κ3) is 1.62. The zero-order valence-electron chi connectivity index (χ0n) is 8.03. The molecule has 0 aliphatic rings. The molecular weight excluding hydrogens is 190 g/mol. The predicted molar refractivity (Wildman–Crippen MR) is 60.0 cm³/mol. The van der Waals surface area contributed by atoms with E-state index in [1.165, 1.54) is 0 Å². The van der Waals surface area contributed by atoms with Crippen LogP contribution in [-0.2, 0) is 0 Å². The van der Waals surface area contributed by atoms with Crippen LogP contribution in [-0.4, -0.2) is 5.91 Å². The van der Waals surface area contributed by atoms with Gasteiger partial charge in [-0.05, 0) is 22.9 Å². The fraction of sp³-hybridized carbons (Fsp3) is 0. The highest BCUT2D eigenvalue weighted by molar-refractivity contribution is 6.08. The largest absolute Gasteiger partial charge is 0.399 e. The molecule has 0 aliphatic carbocycles. The van der Waals surface area contributed by atoms with Gasteiger partial charge in [0.1, 0.15) is 0 Å². The number of fused-ring (bicyclic) bond motifs is 1. The van der Waals surface area contributed by atoms with E-state index < -0.39 is 0 Å². The zero-order valence-corrected chi connectivity index (χ0v) is 8.03. The first-order valence-corrected chi connectivity index (χ1v) is 4.51. The number of anilines is 1. The van der Waals surface area contributed by atoms with Crippen LogP contribution >= 0.6 is 0 Å². The minimum Gasteiger partial charge on any atom is -0.399 e. The van der Waals surface area contributed by atoms with E-state index >= 15 is 0 Å². The molecule has 0 aliphatic heterocycles. The van der Waals surface area contributed by atoms with E-state index in [0.29, 0.717) is 11.3 Å². The van der Waals surface area contributed by atoms with Crippen LogP contribution in [0, 0.1) is 0 Å². The number of amides is 1. The second-order valence-electron chi connectivity index (χ2n) is 3.26. The summed E-state index contributed by atoms with van der Waals surface area (Å²) >= 11 is 0. The number of carbonyl (C=O) groups is 1. The van der Waals surface area contributed by atoms with Gasteiger partial charge in [0.2, 0.25) is 0 Å². The van der Waals surface area contributed by atoms with E-state index in [0.717, 1.165) is 10.8 Å². The van der Waals surface area contributed by atoms with E-state index in [2.05, 4.69) is 5.43 Å². The molecule has 4 heteroatoms. The van der Waals surface area contributed by atoms with Crippen LogP contribution in [0.15, 0.2) is 36.4 Å². The lowest BCUT2D eigenvalue weighted by molar-refractivity contribution is 0.0955. The molecule has 1 amide bonds. The first kappa shape index (κ1) is 9.48. The summed E-state index contributed by atoms with van der Waals surface area (Å²) in [5.41, 5.74) is 8.84. The van der Waals surface area contributed by atoms with Gasteiger partial charge in [0.15, 0.2) is 0 Å². The molecular formula is C11H11N3O. The molecule has 0 saturated carbocycles. The minimum atomic E-state index is -0.335. The van der Waals surface area contributed by atoms with Crippen LogP contribution in [0.25, 0.3) is 10.8 Å². The molecule has 0 spiro atoms. The summed E-state index contributed by atoms with van der Waals surface area (Å²) in [4.78, 5) is 11.5. The van der Waals surface area contributed by atoms with Crippen LogP contribution in [0.2, 0.25) is 0 Å². The molecule has 2 aromatic rings. The van der Waals surface area contributed by atoms with Crippen molar-refractivity contribution in [2.24, 2.45) is 5.84 Å². The van der Waals surface area contributed by atoms with Gasteiger partial charge in [0.05, 0.1) is 5.56 Å². The quantitative estimate of drug-likeness (QED) is 0.279. The highest BCUT2D eigenvalue weighted by Crippen LogP contribution is 2.22. The summed E-state index contributed by atoms with van der Waals surface area (Å²) in [6, 6.07) is 11.0. The van der Waals surface area contributed by atoms with Gasteiger partial charge >= 0.3 is 0 Å². The molecule has 0 bridgehead atoms. The van der Waals surface area contributed by atoms with Crippen molar-refractivity contribution in [1.29, 1.82) is 0 Å². The Balaban J connectivity index is 2.76. The van der Waals surface area contributed by atoms with Gasteiger partial charge in [-0.2, -0.15) is 0 Å². The van der Waals surface area contributed by atoms with Gasteiger partial charge in [-0.25, -0.2) is 5.84 Å². The second-order valence-corrected chi connectivity index (χ2v) is 3.26. The van der Waals surface area contributed by atoms with Crippen LogP contribution < -0.4 is 17.0 Å². The molecule has 0 radical (unpaired) electrons. The van der Waals surface area contributed by atoms with Crippen molar-refractivity contribution in [2.45, 2.75) is 0 Å². The van der Waals surface area contributed by atoms with E-state index in [4.69, 9.17) is 11.6 Å². The molecule has 0 saturated heterocycles. The maximum Gasteiger partial charge on any atom is 0.265 e. The lowest BCUT2D eigenvalue weighted by atomic mass is 10.0.